The number of hydrogen-bond acceptors (Lipinski definition) is 3. The Labute approximate surface area is 168 Å². The first-order chi connectivity index (χ1) is 13.6. The number of para-hydroxylation sites is 1. The van der Waals surface area contributed by atoms with Crippen molar-refractivity contribution in [3.8, 4) is 5.75 Å². The van der Waals surface area contributed by atoms with E-state index in [1.54, 1.807) is 0 Å². The smallest absolute Gasteiger partial charge is 0.223 e. The number of aryl methyl sites for hydroxylation is 1. The maximum Gasteiger partial charge on any atom is 0.223 e. The van der Waals surface area contributed by atoms with Gasteiger partial charge in [-0.2, -0.15) is 0 Å². The van der Waals surface area contributed by atoms with Gasteiger partial charge < -0.3 is 15.0 Å². The summed E-state index contributed by atoms with van der Waals surface area (Å²) in [6, 6.07) is 8.17. The van der Waals surface area contributed by atoms with Gasteiger partial charge in [-0.15, -0.1) is 0 Å². The summed E-state index contributed by atoms with van der Waals surface area (Å²) in [7, 11) is 0. The molecule has 154 valence electrons. The third-order valence-corrected chi connectivity index (χ3v) is 6.06. The zero-order valence-corrected chi connectivity index (χ0v) is 17.1. The van der Waals surface area contributed by atoms with Crippen molar-refractivity contribution >= 4 is 11.8 Å². The number of piperidine rings is 1. The summed E-state index contributed by atoms with van der Waals surface area (Å²) in [5.74, 6) is 1.54. The van der Waals surface area contributed by atoms with E-state index in [2.05, 4.69) is 5.32 Å². The number of carbonyl (C=O) groups excluding carboxylic acids is 2. The number of amides is 2. The molecule has 3 rings (SSSR count). The van der Waals surface area contributed by atoms with Crippen LogP contribution in [0.25, 0.3) is 0 Å². The highest BCUT2D eigenvalue weighted by Gasteiger charge is 2.27. The average Bonchev–Trinajstić information content (AvgIpc) is 2.73. The van der Waals surface area contributed by atoms with Crippen LogP contribution in [-0.2, 0) is 9.59 Å². The predicted molar refractivity (Wildman–Crippen MR) is 110 cm³/mol. The second-order valence-electron chi connectivity index (χ2n) is 8.22. The van der Waals surface area contributed by atoms with Crippen LogP contribution in [0.1, 0.15) is 63.4 Å². The minimum absolute atomic E-state index is 0.199. The molecule has 0 bridgehead atoms. The lowest BCUT2D eigenvalue weighted by Gasteiger charge is -2.33. The van der Waals surface area contributed by atoms with Gasteiger partial charge in [0.15, 0.2) is 0 Å². The maximum absolute atomic E-state index is 12.4. The molecule has 5 heteroatoms. The molecule has 2 aliphatic rings. The van der Waals surface area contributed by atoms with E-state index in [9.17, 15) is 9.59 Å². The Hall–Kier alpha value is -2.04. The second-order valence-corrected chi connectivity index (χ2v) is 8.22. The van der Waals surface area contributed by atoms with Gasteiger partial charge in [0.1, 0.15) is 5.75 Å². The van der Waals surface area contributed by atoms with Crippen LogP contribution in [-0.4, -0.2) is 42.5 Å². The average molecular weight is 387 g/mol. The third-order valence-electron chi connectivity index (χ3n) is 6.06. The van der Waals surface area contributed by atoms with Crippen molar-refractivity contribution in [1.29, 1.82) is 0 Å². The lowest BCUT2D eigenvalue weighted by molar-refractivity contribution is -0.132. The van der Waals surface area contributed by atoms with Gasteiger partial charge >= 0.3 is 0 Å². The fourth-order valence-electron chi connectivity index (χ4n) is 4.24. The number of likely N-dealkylation sites (tertiary alicyclic amines) is 1. The molecule has 0 radical (unpaired) electrons. The van der Waals surface area contributed by atoms with Crippen LogP contribution in [0.3, 0.4) is 0 Å². The second kappa shape index (κ2) is 10.5. The van der Waals surface area contributed by atoms with E-state index in [1.165, 1.54) is 19.3 Å². The molecule has 1 aromatic rings. The molecule has 1 aromatic carbocycles. The Morgan fingerprint density at radius 2 is 1.79 bits per heavy atom. The van der Waals surface area contributed by atoms with Crippen LogP contribution in [0.5, 0.6) is 5.75 Å². The fraction of sp³-hybridized carbons (Fsp3) is 0.652. The number of benzene rings is 1. The standard InChI is InChI=1S/C23H34N2O3/c1-18-8-5-6-11-21(18)28-17-7-12-22(26)25-15-13-20(14-16-25)24-23(27)19-9-3-2-4-10-19/h5-6,8,11,19-20H,2-4,7,9-10,12-17H2,1H3,(H,24,27). The van der Waals surface area contributed by atoms with Crippen molar-refractivity contribution in [2.45, 2.75) is 70.8 Å². The van der Waals surface area contributed by atoms with Crippen molar-refractivity contribution in [1.82, 2.24) is 10.2 Å². The summed E-state index contributed by atoms with van der Waals surface area (Å²) >= 11 is 0. The van der Waals surface area contributed by atoms with Gasteiger partial charge in [0.25, 0.3) is 0 Å². The zero-order valence-electron chi connectivity index (χ0n) is 17.1. The van der Waals surface area contributed by atoms with Gasteiger partial charge in [0, 0.05) is 31.5 Å². The summed E-state index contributed by atoms with van der Waals surface area (Å²) in [5, 5.41) is 3.23. The van der Waals surface area contributed by atoms with Crippen molar-refractivity contribution in [3.05, 3.63) is 29.8 Å². The molecular formula is C23H34N2O3. The molecule has 1 heterocycles. The Morgan fingerprint density at radius 3 is 2.50 bits per heavy atom. The molecule has 0 unspecified atom stereocenters. The van der Waals surface area contributed by atoms with Crippen LogP contribution >= 0.6 is 0 Å². The fourth-order valence-corrected chi connectivity index (χ4v) is 4.24. The molecule has 1 saturated heterocycles. The van der Waals surface area contributed by atoms with Crippen LogP contribution < -0.4 is 10.1 Å². The normalized spacial score (nSPS) is 18.7. The number of carbonyl (C=O) groups is 2. The maximum atomic E-state index is 12.4. The molecule has 1 aliphatic carbocycles. The number of nitrogens with zero attached hydrogens (tertiary/aromatic N) is 1. The molecule has 28 heavy (non-hydrogen) atoms. The Kier molecular flexibility index (Phi) is 7.75. The van der Waals surface area contributed by atoms with Gasteiger partial charge in [-0.05, 0) is 50.7 Å². The highest BCUT2D eigenvalue weighted by molar-refractivity contribution is 5.79. The van der Waals surface area contributed by atoms with Crippen molar-refractivity contribution in [2.24, 2.45) is 5.92 Å². The van der Waals surface area contributed by atoms with E-state index in [-0.39, 0.29) is 23.8 Å². The Balaban J connectivity index is 1.31. The molecule has 1 aliphatic heterocycles. The minimum atomic E-state index is 0.199. The molecule has 2 fully saturated rings. The Bertz CT molecular complexity index is 647. The largest absolute Gasteiger partial charge is 0.493 e. The molecule has 0 atom stereocenters. The number of rotatable bonds is 7. The van der Waals surface area contributed by atoms with E-state index in [1.807, 2.05) is 36.1 Å². The van der Waals surface area contributed by atoms with E-state index in [0.29, 0.717) is 13.0 Å². The van der Waals surface area contributed by atoms with Gasteiger partial charge in [-0.3, -0.25) is 9.59 Å². The molecule has 0 spiro atoms. The van der Waals surface area contributed by atoms with E-state index >= 15 is 0 Å². The van der Waals surface area contributed by atoms with Crippen LogP contribution in [0.2, 0.25) is 0 Å². The SMILES string of the molecule is Cc1ccccc1OCCCC(=O)N1CCC(NC(=O)C2CCCCC2)CC1. The third kappa shape index (κ3) is 5.98. The van der Waals surface area contributed by atoms with Gasteiger partial charge in [-0.25, -0.2) is 0 Å². The lowest BCUT2D eigenvalue weighted by atomic mass is 9.88. The molecule has 5 nitrogen and oxygen atoms in total. The van der Waals surface area contributed by atoms with E-state index in [4.69, 9.17) is 4.74 Å². The summed E-state index contributed by atoms with van der Waals surface area (Å²) in [4.78, 5) is 26.8. The van der Waals surface area contributed by atoms with E-state index in [0.717, 1.165) is 56.5 Å². The number of hydrogen-bond donors (Lipinski definition) is 1. The first-order valence-corrected chi connectivity index (χ1v) is 10.9. The van der Waals surface area contributed by atoms with Gasteiger partial charge in [-0.1, -0.05) is 37.5 Å². The van der Waals surface area contributed by atoms with Crippen molar-refractivity contribution in [3.63, 3.8) is 0 Å². The van der Waals surface area contributed by atoms with Crippen LogP contribution in [0.4, 0.5) is 0 Å². The predicted octanol–water partition coefficient (Wildman–Crippen LogP) is 3.84. The first-order valence-electron chi connectivity index (χ1n) is 10.9. The molecule has 0 aromatic heterocycles. The number of nitrogens with one attached hydrogen (secondary N) is 1. The molecule has 1 saturated carbocycles. The molecule has 2 amide bonds. The van der Waals surface area contributed by atoms with Crippen LogP contribution in [0, 0.1) is 12.8 Å². The molecular weight excluding hydrogens is 352 g/mol. The highest BCUT2D eigenvalue weighted by Crippen LogP contribution is 2.24. The minimum Gasteiger partial charge on any atom is -0.493 e. The summed E-state index contributed by atoms with van der Waals surface area (Å²) in [6.45, 7) is 4.07. The zero-order chi connectivity index (χ0) is 19.8. The van der Waals surface area contributed by atoms with E-state index < -0.39 is 0 Å². The van der Waals surface area contributed by atoms with Gasteiger partial charge in [0.2, 0.25) is 11.8 Å². The summed E-state index contributed by atoms with van der Waals surface area (Å²) in [5.41, 5.74) is 1.12. The van der Waals surface area contributed by atoms with Crippen molar-refractivity contribution < 1.29 is 14.3 Å². The quantitative estimate of drug-likeness (QED) is 0.724. The Morgan fingerprint density at radius 1 is 1.07 bits per heavy atom. The lowest BCUT2D eigenvalue weighted by Crippen LogP contribution is -2.48. The molecule has 1 N–H and O–H groups in total. The first kappa shape index (κ1) is 20.7. The summed E-state index contributed by atoms with van der Waals surface area (Å²) in [6.07, 6.45) is 8.67. The highest BCUT2D eigenvalue weighted by atomic mass is 16.5. The monoisotopic (exact) mass is 386 g/mol. The number of ether oxygens (including phenoxy) is 1. The van der Waals surface area contributed by atoms with Crippen LogP contribution in [0.15, 0.2) is 24.3 Å². The summed E-state index contributed by atoms with van der Waals surface area (Å²) < 4.78 is 5.77. The topological polar surface area (TPSA) is 58.6 Å². The van der Waals surface area contributed by atoms with Crippen molar-refractivity contribution in [2.75, 3.05) is 19.7 Å². The van der Waals surface area contributed by atoms with Gasteiger partial charge in [0.05, 0.1) is 6.61 Å².